The summed E-state index contributed by atoms with van der Waals surface area (Å²) in [4.78, 5) is 16.1. The Bertz CT molecular complexity index is 616. The lowest BCUT2D eigenvalue weighted by atomic mass is 9.85. The average Bonchev–Trinajstić information content (AvgIpc) is 2.81. The summed E-state index contributed by atoms with van der Waals surface area (Å²) in [7, 11) is 1.89. The molecule has 0 atom stereocenters. The van der Waals surface area contributed by atoms with E-state index in [1.165, 1.54) is 6.42 Å². The lowest BCUT2D eigenvalue weighted by molar-refractivity contribution is -0.127. The van der Waals surface area contributed by atoms with E-state index in [4.69, 9.17) is 0 Å². The van der Waals surface area contributed by atoms with E-state index < -0.39 is 0 Å². The molecule has 20 heavy (non-hydrogen) atoms. The van der Waals surface area contributed by atoms with E-state index in [0.717, 1.165) is 29.5 Å². The van der Waals surface area contributed by atoms with Crippen LogP contribution in [0.2, 0.25) is 0 Å². The van der Waals surface area contributed by atoms with Crippen molar-refractivity contribution in [3.63, 3.8) is 0 Å². The van der Waals surface area contributed by atoms with Crippen molar-refractivity contribution in [2.45, 2.75) is 25.8 Å². The van der Waals surface area contributed by atoms with Gasteiger partial charge in [0.05, 0.1) is 6.20 Å². The molecule has 1 aliphatic rings. The van der Waals surface area contributed by atoms with Gasteiger partial charge in [0.25, 0.3) is 0 Å². The number of aryl methyl sites for hydroxylation is 1. The zero-order valence-electron chi connectivity index (χ0n) is 11.5. The summed E-state index contributed by atoms with van der Waals surface area (Å²) in [6, 6.07) is 2.05. The molecule has 0 bridgehead atoms. The highest BCUT2D eigenvalue weighted by molar-refractivity contribution is 5.79. The summed E-state index contributed by atoms with van der Waals surface area (Å²) in [6.07, 6.45) is 10.6. The highest BCUT2D eigenvalue weighted by Crippen LogP contribution is 2.26. The molecule has 1 saturated carbocycles. The Hall–Kier alpha value is -2.17. The Morgan fingerprint density at radius 3 is 2.85 bits per heavy atom. The van der Waals surface area contributed by atoms with E-state index in [0.29, 0.717) is 6.54 Å². The van der Waals surface area contributed by atoms with E-state index in [2.05, 4.69) is 15.4 Å². The van der Waals surface area contributed by atoms with Gasteiger partial charge in [0.15, 0.2) is 0 Å². The fraction of sp³-hybridized carbons (Fsp3) is 0.400. The van der Waals surface area contributed by atoms with Crippen molar-refractivity contribution in [1.29, 1.82) is 0 Å². The Balaban J connectivity index is 1.66. The largest absolute Gasteiger partial charge is 0.352 e. The third kappa shape index (κ3) is 2.71. The van der Waals surface area contributed by atoms with Crippen LogP contribution in [0.1, 0.15) is 24.8 Å². The number of nitrogens with one attached hydrogen (secondary N) is 1. The van der Waals surface area contributed by atoms with Crippen molar-refractivity contribution in [3.8, 4) is 11.1 Å². The molecule has 1 fully saturated rings. The molecule has 1 aliphatic carbocycles. The second-order valence-electron chi connectivity index (χ2n) is 5.33. The van der Waals surface area contributed by atoms with Gasteiger partial charge in [-0.05, 0) is 24.5 Å². The number of rotatable bonds is 4. The van der Waals surface area contributed by atoms with Crippen LogP contribution in [0.4, 0.5) is 0 Å². The molecule has 2 heterocycles. The number of nitrogens with zero attached hydrogens (tertiary/aromatic N) is 3. The number of pyridine rings is 1. The molecule has 5 heteroatoms. The Kier molecular flexibility index (Phi) is 3.50. The first-order valence-corrected chi connectivity index (χ1v) is 6.93. The van der Waals surface area contributed by atoms with Crippen molar-refractivity contribution in [1.82, 2.24) is 20.1 Å². The minimum atomic E-state index is 0.169. The zero-order valence-corrected chi connectivity index (χ0v) is 11.5. The highest BCUT2D eigenvalue weighted by atomic mass is 16.1. The SMILES string of the molecule is Cn1cc(-c2cncc(CNC(=O)C3CCC3)c2)cn1. The predicted molar refractivity (Wildman–Crippen MR) is 75.6 cm³/mol. The monoisotopic (exact) mass is 270 g/mol. The fourth-order valence-corrected chi connectivity index (χ4v) is 2.32. The van der Waals surface area contributed by atoms with Crippen LogP contribution in [0, 0.1) is 5.92 Å². The van der Waals surface area contributed by atoms with Crippen LogP contribution < -0.4 is 5.32 Å². The maximum Gasteiger partial charge on any atom is 0.223 e. The maximum absolute atomic E-state index is 11.8. The van der Waals surface area contributed by atoms with Crippen molar-refractivity contribution >= 4 is 5.91 Å². The number of aromatic nitrogens is 3. The molecule has 0 aliphatic heterocycles. The summed E-state index contributed by atoms with van der Waals surface area (Å²) in [6.45, 7) is 0.538. The van der Waals surface area contributed by atoms with Crippen molar-refractivity contribution in [2.75, 3.05) is 0 Å². The first-order chi connectivity index (χ1) is 9.72. The van der Waals surface area contributed by atoms with E-state index >= 15 is 0 Å². The van der Waals surface area contributed by atoms with E-state index in [1.54, 1.807) is 10.9 Å². The first-order valence-electron chi connectivity index (χ1n) is 6.93. The third-order valence-corrected chi connectivity index (χ3v) is 3.78. The predicted octanol–water partition coefficient (Wildman–Crippen LogP) is 1.90. The lowest BCUT2D eigenvalue weighted by Crippen LogP contribution is -2.33. The summed E-state index contributed by atoms with van der Waals surface area (Å²) in [5.41, 5.74) is 3.07. The Labute approximate surface area is 118 Å². The fourth-order valence-electron chi connectivity index (χ4n) is 2.32. The van der Waals surface area contributed by atoms with Crippen molar-refractivity contribution in [3.05, 3.63) is 36.4 Å². The molecule has 2 aromatic rings. The van der Waals surface area contributed by atoms with Crippen molar-refractivity contribution < 1.29 is 4.79 Å². The average molecular weight is 270 g/mol. The van der Waals surface area contributed by atoms with Crippen LogP contribution in [0.3, 0.4) is 0 Å². The molecule has 0 unspecified atom stereocenters. The molecule has 2 aromatic heterocycles. The van der Waals surface area contributed by atoms with Gasteiger partial charge < -0.3 is 5.32 Å². The molecule has 0 spiro atoms. The Morgan fingerprint density at radius 2 is 2.20 bits per heavy atom. The van der Waals surface area contributed by atoms with Gasteiger partial charge in [-0.15, -0.1) is 0 Å². The van der Waals surface area contributed by atoms with Gasteiger partial charge in [-0.3, -0.25) is 14.5 Å². The van der Waals surface area contributed by atoms with Crippen LogP contribution in [0.15, 0.2) is 30.9 Å². The summed E-state index contributed by atoms with van der Waals surface area (Å²) >= 11 is 0. The maximum atomic E-state index is 11.8. The van der Waals surface area contributed by atoms with Gasteiger partial charge in [-0.1, -0.05) is 6.42 Å². The number of carbonyl (C=O) groups excluding carboxylic acids is 1. The summed E-state index contributed by atoms with van der Waals surface area (Å²) < 4.78 is 1.76. The van der Waals surface area contributed by atoms with Crippen LogP contribution in [-0.2, 0) is 18.4 Å². The first kappa shape index (κ1) is 12.8. The van der Waals surface area contributed by atoms with Gasteiger partial charge in [0.1, 0.15) is 0 Å². The standard InChI is InChI=1S/C15H18N4O/c1-19-10-14(9-18-19)13-5-11(6-16-8-13)7-17-15(20)12-3-2-4-12/h5-6,8-10,12H,2-4,7H2,1H3,(H,17,20). The second kappa shape index (κ2) is 5.45. The molecule has 0 radical (unpaired) electrons. The molecule has 0 saturated heterocycles. The highest BCUT2D eigenvalue weighted by Gasteiger charge is 2.24. The van der Waals surface area contributed by atoms with Gasteiger partial charge >= 0.3 is 0 Å². The zero-order chi connectivity index (χ0) is 13.9. The topological polar surface area (TPSA) is 59.8 Å². The van der Waals surface area contributed by atoms with E-state index in [1.807, 2.05) is 31.7 Å². The molecule has 1 N–H and O–H groups in total. The third-order valence-electron chi connectivity index (χ3n) is 3.78. The van der Waals surface area contributed by atoms with Crippen molar-refractivity contribution in [2.24, 2.45) is 13.0 Å². The van der Waals surface area contributed by atoms with Gasteiger partial charge in [-0.2, -0.15) is 5.10 Å². The number of hydrogen-bond donors (Lipinski definition) is 1. The molecular weight excluding hydrogens is 252 g/mol. The second-order valence-corrected chi connectivity index (χ2v) is 5.33. The summed E-state index contributed by atoms with van der Waals surface area (Å²) in [5, 5.41) is 7.14. The van der Waals surface area contributed by atoms with Crippen LogP contribution in [0.25, 0.3) is 11.1 Å². The number of hydrogen-bond acceptors (Lipinski definition) is 3. The lowest BCUT2D eigenvalue weighted by Gasteiger charge is -2.24. The van der Waals surface area contributed by atoms with Crippen LogP contribution in [-0.4, -0.2) is 20.7 Å². The molecule has 5 nitrogen and oxygen atoms in total. The minimum Gasteiger partial charge on any atom is -0.352 e. The van der Waals surface area contributed by atoms with Crippen LogP contribution >= 0.6 is 0 Å². The normalized spacial score (nSPS) is 14.8. The molecular formula is C15H18N4O. The number of carbonyl (C=O) groups is 1. The quantitative estimate of drug-likeness (QED) is 0.923. The van der Waals surface area contributed by atoms with Gasteiger partial charge in [-0.25, -0.2) is 0 Å². The summed E-state index contributed by atoms with van der Waals surface area (Å²) in [5.74, 6) is 0.396. The minimum absolute atomic E-state index is 0.169. The van der Waals surface area contributed by atoms with E-state index in [-0.39, 0.29) is 11.8 Å². The molecule has 1 amide bonds. The molecule has 104 valence electrons. The smallest absolute Gasteiger partial charge is 0.223 e. The van der Waals surface area contributed by atoms with Gasteiger partial charge in [0.2, 0.25) is 5.91 Å². The number of amides is 1. The Morgan fingerprint density at radius 1 is 1.35 bits per heavy atom. The molecule has 3 rings (SSSR count). The van der Waals surface area contributed by atoms with Crippen LogP contribution in [0.5, 0.6) is 0 Å². The van der Waals surface area contributed by atoms with E-state index in [9.17, 15) is 4.79 Å². The van der Waals surface area contributed by atoms with Gasteiger partial charge in [0, 0.05) is 49.2 Å². The molecule has 0 aromatic carbocycles.